The fourth-order valence-electron chi connectivity index (χ4n) is 3.08. The summed E-state index contributed by atoms with van der Waals surface area (Å²) in [6.07, 6.45) is 1.46. The number of nitrogens with zero attached hydrogens (tertiary/aromatic N) is 2. The number of hydrogen-bond acceptors (Lipinski definition) is 5. The Morgan fingerprint density at radius 1 is 0.971 bits per heavy atom. The van der Waals surface area contributed by atoms with Crippen molar-refractivity contribution in [2.45, 2.75) is 4.90 Å². The van der Waals surface area contributed by atoms with Gasteiger partial charge in [-0.25, -0.2) is 13.2 Å². The van der Waals surface area contributed by atoms with E-state index < -0.39 is 28.5 Å². The molecule has 0 unspecified atom stereocenters. The zero-order valence-corrected chi connectivity index (χ0v) is 20.0. The van der Waals surface area contributed by atoms with E-state index in [9.17, 15) is 18.0 Å². The number of carbonyl (C=O) groups is 2. The predicted octanol–water partition coefficient (Wildman–Crippen LogP) is 4.54. The van der Waals surface area contributed by atoms with Crippen LogP contribution in [0.25, 0.3) is 0 Å². The van der Waals surface area contributed by atoms with E-state index in [4.69, 9.17) is 16.3 Å². The van der Waals surface area contributed by atoms with Gasteiger partial charge in [-0.1, -0.05) is 41.9 Å². The molecule has 0 saturated heterocycles. The van der Waals surface area contributed by atoms with Crippen LogP contribution in [-0.2, 0) is 19.6 Å². The number of hydrogen-bond donors (Lipinski definition) is 0. The van der Waals surface area contributed by atoms with Crippen molar-refractivity contribution in [1.82, 2.24) is 0 Å². The lowest BCUT2D eigenvalue weighted by Crippen LogP contribution is -2.32. The lowest BCUT2D eigenvalue weighted by molar-refractivity contribution is -0.121. The third-order valence-electron chi connectivity index (χ3n) is 4.91. The molecular weight excluding hydrogens is 476 g/mol. The number of para-hydroxylation sites is 1. The molecule has 3 rings (SSSR count). The molecule has 0 N–H and O–H groups in total. The molecule has 0 aliphatic heterocycles. The second kappa shape index (κ2) is 11.0. The van der Waals surface area contributed by atoms with Gasteiger partial charge in [0.05, 0.1) is 22.7 Å². The summed E-state index contributed by atoms with van der Waals surface area (Å²) < 4.78 is 32.9. The molecule has 0 atom stereocenters. The van der Waals surface area contributed by atoms with Gasteiger partial charge in [-0.05, 0) is 54.6 Å². The molecule has 34 heavy (non-hydrogen) atoms. The molecule has 0 spiro atoms. The van der Waals surface area contributed by atoms with Crippen molar-refractivity contribution in [3.8, 4) is 0 Å². The number of anilines is 2. The van der Waals surface area contributed by atoms with Crippen molar-refractivity contribution < 1.29 is 22.7 Å². The molecule has 0 saturated carbocycles. The maximum atomic E-state index is 13.3. The predicted molar refractivity (Wildman–Crippen MR) is 133 cm³/mol. The van der Waals surface area contributed by atoms with E-state index in [1.807, 2.05) is 6.07 Å². The first-order chi connectivity index (χ1) is 16.2. The van der Waals surface area contributed by atoms with E-state index >= 15 is 0 Å². The SMILES string of the molecule is C=CCN(c1ccc(Cl)cc1)S(=O)(=O)c1cccc(C(=O)OCC(=O)N(C)c2ccccc2)c1. The van der Waals surface area contributed by atoms with Crippen LogP contribution in [0.2, 0.25) is 5.02 Å². The summed E-state index contributed by atoms with van der Waals surface area (Å²) >= 11 is 5.92. The average molecular weight is 499 g/mol. The lowest BCUT2D eigenvalue weighted by atomic mass is 10.2. The molecule has 0 radical (unpaired) electrons. The Balaban J connectivity index is 1.77. The fraction of sp³-hybridized carbons (Fsp3) is 0.120. The van der Waals surface area contributed by atoms with Crippen molar-refractivity contribution in [3.63, 3.8) is 0 Å². The Hall–Kier alpha value is -3.62. The van der Waals surface area contributed by atoms with Gasteiger partial charge in [-0.3, -0.25) is 9.10 Å². The smallest absolute Gasteiger partial charge is 0.338 e. The van der Waals surface area contributed by atoms with Crippen LogP contribution >= 0.6 is 11.6 Å². The van der Waals surface area contributed by atoms with Crippen LogP contribution < -0.4 is 9.21 Å². The van der Waals surface area contributed by atoms with Gasteiger partial charge in [0.1, 0.15) is 0 Å². The van der Waals surface area contributed by atoms with E-state index in [2.05, 4.69) is 6.58 Å². The number of likely N-dealkylation sites (N-methyl/N-ethyl adjacent to an activating group) is 1. The summed E-state index contributed by atoms with van der Waals surface area (Å²) in [6, 6.07) is 20.7. The normalized spacial score (nSPS) is 10.9. The van der Waals surface area contributed by atoms with Gasteiger partial charge >= 0.3 is 5.97 Å². The molecule has 0 aliphatic rings. The Morgan fingerprint density at radius 2 is 1.65 bits per heavy atom. The van der Waals surface area contributed by atoms with Crippen molar-refractivity contribution in [2.75, 3.05) is 29.4 Å². The number of ether oxygens (including phenoxy) is 1. The third-order valence-corrected chi connectivity index (χ3v) is 6.95. The summed E-state index contributed by atoms with van der Waals surface area (Å²) in [5.74, 6) is -1.24. The van der Waals surface area contributed by atoms with Crippen molar-refractivity contribution in [1.29, 1.82) is 0 Å². The largest absolute Gasteiger partial charge is 0.452 e. The van der Waals surface area contributed by atoms with Gasteiger partial charge in [-0.15, -0.1) is 6.58 Å². The van der Waals surface area contributed by atoms with Gasteiger partial charge in [-0.2, -0.15) is 0 Å². The van der Waals surface area contributed by atoms with E-state index in [0.29, 0.717) is 16.4 Å². The van der Waals surface area contributed by atoms with Crippen LogP contribution in [0.5, 0.6) is 0 Å². The summed E-state index contributed by atoms with van der Waals surface area (Å²) in [5, 5.41) is 0.469. The highest BCUT2D eigenvalue weighted by molar-refractivity contribution is 7.92. The topological polar surface area (TPSA) is 84.0 Å². The minimum Gasteiger partial charge on any atom is -0.452 e. The molecule has 0 heterocycles. The summed E-state index contributed by atoms with van der Waals surface area (Å²) in [6.45, 7) is 3.15. The van der Waals surface area contributed by atoms with Crippen molar-refractivity contribution in [2.24, 2.45) is 0 Å². The first kappa shape index (κ1) is 25.0. The molecule has 9 heteroatoms. The molecular formula is C25H23ClN2O5S. The molecule has 0 fully saturated rings. The third kappa shape index (κ3) is 5.84. The van der Waals surface area contributed by atoms with Crippen LogP contribution in [0.3, 0.4) is 0 Å². The van der Waals surface area contributed by atoms with Gasteiger partial charge in [0.25, 0.3) is 15.9 Å². The fourth-order valence-corrected chi connectivity index (χ4v) is 4.69. The molecule has 0 aliphatic carbocycles. The molecule has 3 aromatic rings. The Morgan fingerprint density at radius 3 is 2.29 bits per heavy atom. The quantitative estimate of drug-likeness (QED) is 0.319. The maximum absolute atomic E-state index is 13.3. The number of benzene rings is 3. The molecule has 0 aromatic heterocycles. The van der Waals surface area contributed by atoms with Crippen molar-refractivity contribution in [3.05, 3.63) is 102 Å². The van der Waals surface area contributed by atoms with Crippen molar-refractivity contribution >= 4 is 44.9 Å². The van der Waals surface area contributed by atoms with E-state index in [1.54, 1.807) is 55.6 Å². The lowest BCUT2D eigenvalue weighted by Gasteiger charge is -2.23. The number of esters is 1. The highest BCUT2D eigenvalue weighted by Crippen LogP contribution is 2.26. The van der Waals surface area contributed by atoms with Gasteiger partial charge < -0.3 is 9.64 Å². The zero-order chi connectivity index (χ0) is 24.7. The minimum atomic E-state index is -4.03. The maximum Gasteiger partial charge on any atom is 0.338 e. The average Bonchev–Trinajstić information content (AvgIpc) is 2.86. The number of carbonyl (C=O) groups excluding carboxylic acids is 2. The minimum absolute atomic E-state index is 0.00546. The zero-order valence-electron chi connectivity index (χ0n) is 18.4. The molecule has 3 aromatic carbocycles. The molecule has 7 nitrogen and oxygen atoms in total. The monoisotopic (exact) mass is 498 g/mol. The van der Waals surface area contributed by atoms with E-state index in [0.717, 1.165) is 4.31 Å². The Labute approximate surface area is 203 Å². The standard InChI is InChI=1S/C25H23ClN2O5S/c1-3-16-28(22-14-12-20(26)13-15-22)34(31,32)23-11-7-8-19(17-23)25(30)33-18-24(29)27(2)21-9-5-4-6-10-21/h3-15,17H,1,16,18H2,2H3. The molecule has 1 amide bonds. The van der Waals surface area contributed by atoms with Gasteiger partial charge in [0, 0.05) is 17.8 Å². The molecule has 176 valence electrons. The highest BCUT2D eigenvalue weighted by atomic mass is 35.5. The number of rotatable bonds is 9. The first-order valence-corrected chi connectivity index (χ1v) is 12.0. The van der Waals surface area contributed by atoms with E-state index in [-0.39, 0.29) is 17.0 Å². The summed E-state index contributed by atoms with van der Waals surface area (Å²) in [4.78, 5) is 26.2. The summed E-state index contributed by atoms with van der Waals surface area (Å²) in [7, 11) is -2.46. The Kier molecular flexibility index (Phi) is 8.09. The van der Waals surface area contributed by atoms with Crippen LogP contribution in [0, 0.1) is 0 Å². The van der Waals surface area contributed by atoms with Gasteiger partial charge in [0.15, 0.2) is 6.61 Å². The number of amides is 1. The highest BCUT2D eigenvalue weighted by Gasteiger charge is 2.25. The summed E-state index contributed by atoms with van der Waals surface area (Å²) in [5.41, 5.74) is 1.05. The second-order valence-electron chi connectivity index (χ2n) is 7.19. The van der Waals surface area contributed by atoms with Gasteiger partial charge in [0.2, 0.25) is 0 Å². The van der Waals surface area contributed by atoms with Crippen LogP contribution in [-0.4, -0.2) is 40.5 Å². The first-order valence-electron chi connectivity index (χ1n) is 10.2. The second-order valence-corrected chi connectivity index (χ2v) is 9.49. The van der Waals surface area contributed by atoms with Crippen LogP contribution in [0.15, 0.2) is 96.4 Å². The van der Waals surface area contributed by atoms with E-state index in [1.165, 1.54) is 35.2 Å². The van der Waals surface area contributed by atoms with Crippen LogP contribution in [0.1, 0.15) is 10.4 Å². The number of sulfonamides is 1. The Bertz CT molecular complexity index is 1280. The number of halogens is 1. The van der Waals surface area contributed by atoms with Crippen LogP contribution in [0.4, 0.5) is 11.4 Å². The molecule has 0 bridgehead atoms.